The Bertz CT molecular complexity index is 1320. The topological polar surface area (TPSA) is 63.2 Å². The van der Waals surface area contributed by atoms with Gasteiger partial charge in [0.05, 0.1) is 0 Å². The largest absolute Gasteiger partial charge is 0.490 e. The molecule has 36 heavy (non-hydrogen) atoms. The summed E-state index contributed by atoms with van der Waals surface area (Å²) in [5, 5.41) is 4.17. The van der Waals surface area contributed by atoms with E-state index in [0.717, 1.165) is 71.6 Å². The summed E-state index contributed by atoms with van der Waals surface area (Å²) in [4.78, 5) is 16.3. The molecule has 2 aromatic carbocycles. The van der Waals surface area contributed by atoms with Crippen molar-refractivity contribution in [2.45, 2.75) is 39.2 Å². The lowest BCUT2D eigenvalue weighted by Crippen LogP contribution is -2.38. The maximum absolute atomic E-state index is 6.31. The fraction of sp³-hybridized carbons (Fsp3) is 0.276. The molecule has 0 saturated carbocycles. The van der Waals surface area contributed by atoms with Gasteiger partial charge in [-0.05, 0) is 66.9 Å². The molecule has 0 bridgehead atoms. The Balaban J connectivity index is 1.35. The third kappa shape index (κ3) is 5.77. The van der Waals surface area contributed by atoms with Crippen molar-refractivity contribution in [1.29, 1.82) is 0 Å². The molecule has 2 aromatic heterocycles. The lowest BCUT2D eigenvalue weighted by molar-refractivity contribution is 0.170. The molecular weight excluding hydrogens is 470 g/mol. The third-order valence-electron chi connectivity index (χ3n) is 6.44. The van der Waals surface area contributed by atoms with Crippen molar-refractivity contribution in [1.82, 2.24) is 15.0 Å². The molecule has 1 aliphatic rings. The van der Waals surface area contributed by atoms with E-state index in [0.29, 0.717) is 5.82 Å². The lowest BCUT2D eigenvalue weighted by atomic mass is 10.1. The van der Waals surface area contributed by atoms with Gasteiger partial charge in [-0.2, -0.15) is 0 Å². The average molecular weight is 500 g/mol. The van der Waals surface area contributed by atoms with Gasteiger partial charge in [0.15, 0.2) is 5.82 Å². The van der Waals surface area contributed by atoms with E-state index >= 15 is 0 Å². The molecule has 1 aliphatic heterocycles. The number of aryl methyl sites for hydroxylation is 2. The molecule has 184 valence electrons. The smallest absolute Gasteiger partial charge is 0.165 e. The molecular formula is C29H30ClN5O. The van der Waals surface area contributed by atoms with Gasteiger partial charge in [-0.25, -0.2) is 9.97 Å². The van der Waals surface area contributed by atoms with Gasteiger partial charge in [0, 0.05) is 60.7 Å². The van der Waals surface area contributed by atoms with Crippen LogP contribution in [0.4, 0.5) is 17.3 Å². The minimum absolute atomic E-state index is 0.197. The molecule has 7 heteroatoms. The van der Waals surface area contributed by atoms with Crippen molar-refractivity contribution in [3.8, 4) is 17.1 Å². The molecule has 1 saturated heterocycles. The van der Waals surface area contributed by atoms with Gasteiger partial charge in [0.1, 0.15) is 23.5 Å². The summed E-state index contributed by atoms with van der Waals surface area (Å²) < 4.78 is 6.31. The first-order chi connectivity index (χ1) is 17.6. The maximum atomic E-state index is 6.31. The molecule has 4 aromatic rings. The average Bonchev–Trinajstić information content (AvgIpc) is 2.92. The zero-order valence-electron chi connectivity index (χ0n) is 20.6. The summed E-state index contributed by atoms with van der Waals surface area (Å²) >= 11 is 6.22. The van der Waals surface area contributed by atoms with Crippen molar-refractivity contribution < 1.29 is 4.74 Å². The highest BCUT2D eigenvalue weighted by molar-refractivity contribution is 6.31. The number of anilines is 3. The van der Waals surface area contributed by atoms with Gasteiger partial charge < -0.3 is 15.0 Å². The molecule has 5 rings (SSSR count). The van der Waals surface area contributed by atoms with Crippen molar-refractivity contribution >= 4 is 28.9 Å². The Kier molecular flexibility index (Phi) is 7.33. The summed E-state index contributed by atoms with van der Waals surface area (Å²) in [7, 11) is 0. The number of nitrogens with zero attached hydrogens (tertiary/aromatic N) is 4. The Morgan fingerprint density at radius 2 is 1.89 bits per heavy atom. The summed E-state index contributed by atoms with van der Waals surface area (Å²) in [5.41, 5.74) is 4.11. The fourth-order valence-electron chi connectivity index (χ4n) is 4.39. The second kappa shape index (κ2) is 11.0. The van der Waals surface area contributed by atoms with E-state index in [4.69, 9.17) is 26.3 Å². The normalized spacial score (nSPS) is 14.0. The van der Waals surface area contributed by atoms with E-state index in [9.17, 15) is 0 Å². The Hall–Kier alpha value is -3.64. The minimum Gasteiger partial charge on any atom is -0.490 e. The molecule has 1 fully saturated rings. The van der Waals surface area contributed by atoms with E-state index in [1.807, 2.05) is 49.4 Å². The number of nitrogens with one attached hydrogen (secondary N) is 1. The molecule has 0 aliphatic carbocycles. The van der Waals surface area contributed by atoms with Crippen molar-refractivity contribution in [3.05, 3.63) is 89.2 Å². The summed E-state index contributed by atoms with van der Waals surface area (Å²) in [5.74, 6) is 3.22. The van der Waals surface area contributed by atoms with Crippen molar-refractivity contribution in [3.63, 3.8) is 0 Å². The van der Waals surface area contributed by atoms with Crippen LogP contribution in [0.25, 0.3) is 11.4 Å². The number of rotatable bonds is 7. The van der Waals surface area contributed by atoms with Gasteiger partial charge in [0.2, 0.25) is 0 Å². The summed E-state index contributed by atoms with van der Waals surface area (Å²) in [6, 6.07) is 20.2. The van der Waals surface area contributed by atoms with Crippen LogP contribution in [0, 0.1) is 6.92 Å². The standard InChI is InChI=1S/C29H30ClN5O/c1-3-21-6-4-8-25(17-21)36-24-11-14-35(15-12-24)28-18-27(32-23-9-10-26(30)20(2)16-23)33-29(34-28)22-7-5-13-31-19-22/h4-10,13,16-19,24H,3,11-12,14-15H2,1-2H3,(H,32,33,34). The van der Waals surface area contributed by atoms with Crippen LogP contribution in [0.2, 0.25) is 5.02 Å². The molecule has 3 heterocycles. The van der Waals surface area contributed by atoms with E-state index in [2.05, 4.69) is 40.3 Å². The number of hydrogen-bond donors (Lipinski definition) is 1. The first-order valence-electron chi connectivity index (χ1n) is 12.4. The van der Waals surface area contributed by atoms with Crippen LogP contribution in [0.5, 0.6) is 5.75 Å². The molecule has 0 amide bonds. The van der Waals surface area contributed by atoms with E-state index in [-0.39, 0.29) is 6.10 Å². The Morgan fingerprint density at radius 3 is 2.64 bits per heavy atom. The van der Waals surface area contributed by atoms with Crippen LogP contribution < -0.4 is 15.0 Å². The van der Waals surface area contributed by atoms with Gasteiger partial charge in [-0.1, -0.05) is 30.7 Å². The first-order valence-corrected chi connectivity index (χ1v) is 12.8. The van der Waals surface area contributed by atoms with Crippen LogP contribution in [0.3, 0.4) is 0 Å². The number of pyridine rings is 1. The van der Waals surface area contributed by atoms with Crippen LogP contribution in [-0.2, 0) is 6.42 Å². The number of ether oxygens (including phenoxy) is 1. The van der Waals surface area contributed by atoms with Crippen molar-refractivity contribution in [2.24, 2.45) is 0 Å². The predicted molar refractivity (Wildman–Crippen MR) is 146 cm³/mol. The van der Waals surface area contributed by atoms with Gasteiger partial charge in [0.25, 0.3) is 0 Å². The SMILES string of the molecule is CCc1cccc(OC2CCN(c3cc(Nc4ccc(Cl)c(C)c4)nc(-c4cccnc4)n3)CC2)c1. The zero-order valence-corrected chi connectivity index (χ0v) is 21.4. The highest BCUT2D eigenvalue weighted by Crippen LogP contribution is 2.29. The highest BCUT2D eigenvalue weighted by atomic mass is 35.5. The van der Waals surface area contributed by atoms with Gasteiger partial charge in [-0.15, -0.1) is 0 Å². The lowest BCUT2D eigenvalue weighted by Gasteiger charge is -2.33. The number of piperidine rings is 1. The molecule has 0 spiro atoms. The Labute approximate surface area is 217 Å². The molecule has 1 N–H and O–H groups in total. The van der Waals surface area contributed by atoms with E-state index < -0.39 is 0 Å². The summed E-state index contributed by atoms with van der Waals surface area (Å²) in [6.07, 6.45) is 6.62. The fourth-order valence-corrected chi connectivity index (χ4v) is 4.51. The number of halogens is 1. The monoisotopic (exact) mass is 499 g/mol. The first kappa shape index (κ1) is 24.1. The van der Waals surface area contributed by atoms with Gasteiger partial charge in [-0.3, -0.25) is 4.98 Å². The quantitative estimate of drug-likeness (QED) is 0.300. The maximum Gasteiger partial charge on any atom is 0.165 e. The zero-order chi connectivity index (χ0) is 24.9. The number of aromatic nitrogens is 3. The second-order valence-electron chi connectivity index (χ2n) is 9.07. The third-order valence-corrected chi connectivity index (χ3v) is 6.86. The number of hydrogen-bond acceptors (Lipinski definition) is 6. The summed E-state index contributed by atoms with van der Waals surface area (Å²) in [6.45, 7) is 5.88. The van der Waals surface area contributed by atoms with Crippen LogP contribution in [0.1, 0.15) is 30.9 Å². The minimum atomic E-state index is 0.197. The van der Waals surface area contributed by atoms with Crippen LogP contribution in [-0.4, -0.2) is 34.1 Å². The van der Waals surface area contributed by atoms with Gasteiger partial charge >= 0.3 is 0 Å². The second-order valence-corrected chi connectivity index (χ2v) is 9.48. The molecule has 0 unspecified atom stereocenters. The van der Waals surface area contributed by atoms with Crippen molar-refractivity contribution in [2.75, 3.05) is 23.3 Å². The molecule has 0 atom stereocenters. The number of benzene rings is 2. The molecule has 6 nitrogen and oxygen atoms in total. The van der Waals surface area contributed by atoms with E-state index in [1.165, 1.54) is 5.56 Å². The Morgan fingerprint density at radius 1 is 1.03 bits per heavy atom. The highest BCUT2D eigenvalue weighted by Gasteiger charge is 2.23. The predicted octanol–water partition coefficient (Wildman–Crippen LogP) is 6.85. The van der Waals surface area contributed by atoms with Crippen LogP contribution in [0.15, 0.2) is 73.1 Å². The van der Waals surface area contributed by atoms with E-state index in [1.54, 1.807) is 12.4 Å². The molecule has 0 radical (unpaired) electrons. The van der Waals surface area contributed by atoms with Crippen LogP contribution >= 0.6 is 11.6 Å².